The van der Waals surface area contributed by atoms with Gasteiger partial charge in [-0.15, -0.1) is 0 Å². The summed E-state index contributed by atoms with van der Waals surface area (Å²) >= 11 is 2.27. The van der Waals surface area contributed by atoms with Gasteiger partial charge in [0.25, 0.3) is 5.91 Å². The Morgan fingerprint density at radius 2 is 1.86 bits per heavy atom. The van der Waals surface area contributed by atoms with Crippen LogP contribution in [0.3, 0.4) is 0 Å². The summed E-state index contributed by atoms with van der Waals surface area (Å²) in [4.78, 5) is 29.8. The molecule has 2 N–H and O–H groups in total. The fraction of sp³-hybridized carbons (Fsp3) is 0.394. The molecule has 3 aliphatic heterocycles. The fourth-order valence-electron chi connectivity index (χ4n) is 7.64. The van der Waals surface area contributed by atoms with Crippen LogP contribution in [0.4, 0.5) is 5.69 Å². The number of fused-ring (bicyclic) bond motifs is 3. The molecule has 220 valence electrons. The van der Waals surface area contributed by atoms with Gasteiger partial charge in [0.05, 0.1) is 40.4 Å². The number of benzene rings is 3. The lowest BCUT2D eigenvalue weighted by Crippen LogP contribution is -2.52. The summed E-state index contributed by atoms with van der Waals surface area (Å²) in [6.07, 6.45) is 0.296. The topological polar surface area (TPSA) is 88.1 Å². The second-order valence-electron chi connectivity index (χ2n) is 12.3. The third-order valence-corrected chi connectivity index (χ3v) is 14.8. The highest BCUT2D eigenvalue weighted by molar-refractivity contribution is 14.1. The highest BCUT2D eigenvalue weighted by Crippen LogP contribution is 2.58. The van der Waals surface area contributed by atoms with Crippen molar-refractivity contribution in [3.05, 3.63) is 87.0 Å². The first-order valence-electron chi connectivity index (χ1n) is 14.5. The molecule has 1 spiro atoms. The Labute approximate surface area is 261 Å². The number of hydrogen-bond donors (Lipinski definition) is 2. The highest BCUT2D eigenvalue weighted by atomic mass is 127. The van der Waals surface area contributed by atoms with Crippen LogP contribution in [0.15, 0.2) is 66.7 Å². The van der Waals surface area contributed by atoms with Crippen molar-refractivity contribution in [2.75, 3.05) is 19.0 Å². The quantitative estimate of drug-likeness (QED) is 0.286. The van der Waals surface area contributed by atoms with Gasteiger partial charge in [-0.1, -0.05) is 61.6 Å². The van der Waals surface area contributed by atoms with E-state index in [4.69, 9.17) is 9.47 Å². The van der Waals surface area contributed by atoms with E-state index in [-0.39, 0.29) is 42.3 Å². The van der Waals surface area contributed by atoms with E-state index < -0.39 is 19.8 Å². The number of hydrogen-bond acceptors (Lipinski definition) is 5. The summed E-state index contributed by atoms with van der Waals surface area (Å²) in [5.41, 5.74) is 2.70. The molecule has 42 heavy (non-hydrogen) atoms. The van der Waals surface area contributed by atoms with E-state index >= 15 is 0 Å². The number of rotatable bonds is 6. The average Bonchev–Trinajstić information content (AvgIpc) is 3.44. The second kappa shape index (κ2) is 11.1. The molecule has 0 radical (unpaired) electrons. The lowest BCUT2D eigenvalue weighted by molar-refractivity contribution is -0.149. The highest BCUT2D eigenvalue weighted by Gasteiger charge is 2.65. The lowest BCUT2D eigenvalue weighted by atomic mass is 9.82. The molecule has 0 unspecified atom stereocenters. The number of amides is 2. The van der Waals surface area contributed by atoms with Crippen LogP contribution >= 0.6 is 22.6 Å². The molecule has 1 saturated heterocycles. The van der Waals surface area contributed by atoms with Crippen LogP contribution in [0.5, 0.6) is 5.75 Å². The molecular formula is C33H37IN2O5Si. The minimum atomic E-state index is -2.35. The van der Waals surface area contributed by atoms with Crippen molar-refractivity contribution in [1.82, 2.24) is 4.90 Å². The Hall–Kier alpha value is -2.73. The second-order valence-corrected chi connectivity index (χ2v) is 18.3. The Bertz CT molecular complexity index is 1530. The van der Waals surface area contributed by atoms with E-state index in [1.807, 2.05) is 47.4 Å². The van der Waals surface area contributed by atoms with Gasteiger partial charge >= 0.3 is 0 Å². The van der Waals surface area contributed by atoms with Gasteiger partial charge in [-0.3, -0.25) is 9.59 Å². The van der Waals surface area contributed by atoms with Gasteiger partial charge in [-0.25, -0.2) is 0 Å². The van der Waals surface area contributed by atoms with Crippen molar-refractivity contribution in [1.29, 1.82) is 0 Å². The third kappa shape index (κ3) is 4.69. The predicted molar refractivity (Wildman–Crippen MR) is 174 cm³/mol. The van der Waals surface area contributed by atoms with E-state index in [9.17, 15) is 14.7 Å². The molecule has 3 heterocycles. The first-order chi connectivity index (χ1) is 20.1. The van der Waals surface area contributed by atoms with E-state index in [2.05, 4.69) is 72.2 Å². The van der Waals surface area contributed by atoms with Crippen molar-refractivity contribution < 1.29 is 24.2 Å². The maximum Gasteiger partial charge on any atom is 0.261 e. The molecule has 9 heteroatoms. The van der Waals surface area contributed by atoms with Gasteiger partial charge < -0.3 is 24.8 Å². The summed E-state index contributed by atoms with van der Waals surface area (Å²) in [7, 11) is -0.689. The van der Waals surface area contributed by atoms with E-state index in [0.29, 0.717) is 13.0 Å². The number of nitrogens with zero attached hydrogens (tertiary/aromatic N) is 1. The van der Waals surface area contributed by atoms with Crippen molar-refractivity contribution >= 4 is 53.4 Å². The number of methoxy groups -OCH3 is 1. The van der Waals surface area contributed by atoms with Crippen LogP contribution in [0.1, 0.15) is 30.0 Å². The van der Waals surface area contributed by atoms with Gasteiger partial charge in [0.2, 0.25) is 5.91 Å². The number of ether oxygens (including phenoxy) is 2. The molecule has 1 fully saturated rings. The van der Waals surface area contributed by atoms with Gasteiger partial charge in [-0.05, 0) is 76.0 Å². The van der Waals surface area contributed by atoms with E-state index in [1.54, 1.807) is 7.11 Å². The summed E-state index contributed by atoms with van der Waals surface area (Å²) in [5, 5.41) is 14.6. The largest absolute Gasteiger partial charge is 0.497 e. The molecule has 0 saturated carbocycles. The molecule has 6 rings (SSSR count). The van der Waals surface area contributed by atoms with Gasteiger partial charge in [0.15, 0.2) is 5.60 Å². The average molecular weight is 697 g/mol. The molecule has 3 aliphatic rings. The van der Waals surface area contributed by atoms with Crippen LogP contribution in [0, 0.1) is 9.49 Å². The fourth-order valence-corrected chi connectivity index (χ4v) is 12.1. The number of aliphatic hydroxyl groups is 1. The molecule has 5 atom stereocenters. The van der Waals surface area contributed by atoms with Crippen LogP contribution in [0.25, 0.3) is 0 Å². The summed E-state index contributed by atoms with van der Waals surface area (Å²) < 4.78 is 13.4. The molecule has 0 aromatic heterocycles. The Balaban J connectivity index is 1.39. The number of nitrogens with one attached hydrogen (secondary N) is 1. The number of anilines is 1. The maximum atomic E-state index is 14.1. The SMILES string of the molecule is COc1ccc([Si](C)(C)[C@@H]2[C@@H](CC(=O)N3Cc4ccccc4C[C@H]3CO)O[C@]3(C(=O)Nc4ccc(I)cc43)[C@H]2C)cc1. The van der Waals surface area contributed by atoms with Crippen molar-refractivity contribution in [3.63, 3.8) is 0 Å². The molecule has 0 aliphatic carbocycles. The molecule has 2 amide bonds. The third-order valence-electron chi connectivity index (χ3n) is 9.81. The van der Waals surface area contributed by atoms with Crippen molar-refractivity contribution in [2.45, 2.75) is 62.7 Å². The Morgan fingerprint density at radius 1 is 1.14 bits per heavy atom. The van der Waals surface area contributed by atoms with Crippen LogP contribution in [0.2, 0.25) is 18.6 Å². The minimum absolute atomic E-state index is 0.0333. The number of carbonyl (C=O) groups excluding carboxylic acids is 2. The minimum Gasteiger partial charge on any atom is -0.497 e. The number of carbonyl (C=O) groups is 2. The first kappa shape index (κ1) is 29.3. The van der Waals surface area contributed by atoms with E-state index in [1.165, 1.54) is 10.8 Å². The zero-order chi connectivity index (χ0) is 29.8. The van der Waals surface area contributed by atoms with Crippen LogP contribution < -0.4 is 15.2 Å². The molecule has 0 bridgehead atoms. The van der Waals surface area contributed by atoms with Gasteiger partial charge in [-0.2, -0.15) is 0 Å². The number of halogens is 1. The van der Waals surface area contributed by atoms with Gasteiger partial charge in [0.1, 0.15) is 5.75 Å². The Kier molecular flexibility index (Phi) is 7.74. The van der Waals surface area contributed by atoms with Crippen LogP contribution in [-0.4, -0.2) is 55.8 Å². The zero-order valence-corrected chi connectivity index (χ0v) is 27.6. The van der Waals surface area contributed by atoms with Crippen LogP contribution in [-0.2, 0) is 32.9 Å². The normalized spacial score (nSPS) is 26.6. The molecule has 3 aromatic rings. The predicted octanol–water partition coefficient (Wildman–Crippen LogP) is 4.80. The van der Waals surface area contributed by atoms with Crippen molar-refractivity contribution in [3.8, 4) is 5.75 Å². The standard InChI is InChI=1S/C33H37IN2O5Si/c1-20-31(42(3,4)26-12-10-25(40-2)11-13-26)29(41-33(20)27-16-23(34)9-14-28(27)35-32(33)39)17-30(38)36-18-22-8-6-5-7-21(22)15-24(36)19-37/h5-14,16,20,24,29,31,37H,15,17-19H2,1-4H3,(H,35,39)/t20-,24-,29+,31-,33+/m0/s1. The van der Waals surface area contributed by atoms with Crippen molar-refractivity contribution in [2.24, 2.45) is 5.92 Å². The Morgan fingerprint density at radius 3 is 2.55 bits per heavy atom. The summed E-state index contributed by atoms with van der Waals surface area (Å²) in [6.45, 7) is 7.10. The lowest BCUT2D eigenvalue weighted by Gasteiger charge is -2.39. The van der Waals surface area contributed by atoms with Gasteiger partial charge in [0, 0.05) is 27.3 Å². The zero-order valence-electron chi connectivity index (χ0n) is 24.4. The smallest absolute Gasteiger partial charge is 0.261 e. The summed E-state index contributed by atoms with van der Waals surface area (Å²) in [6, 6.07) is 22.0. The molecule has 7 nitrogen and oxygen atoms in total. The monoisotopic (exact) mass is 696 g/mol. The first-order valence-corrected chi connectivity index (χ1v) is 18.7. The number of aliphatic hydroxyl groups excluding tert-OH is 1. The maximum absolute atomic E-state index is 14.1. The summed E-state index contributed by atoms with van der Waals surface area (Å²) in [5.74, 6) is 0.408. The molecular weight excluding hydrogens is 659 g/mol. The molecule has 3 aromatic carbocycles. The van der Waals surface area contributed by atoms with E-state index in [0.717, 1.165) is 26.1 Å².